The van der Waals surface area contributed by atoms with Crippen LogP contribution >= 0.6 is 11.3 Å². The van der Waals surface area contributed by atoms with Crippen molar-refractivity contribution in [2.45, 2.75) is 32.7 Å². The third-order valence-corrected chi connectivity index (χ3v) is 5.06. The Labute approximate surface area is 140 Å². The molecule has 1 aliphatic heterocycles. The smallest absolute Gasteiger partial charge is 0.217 e. The zero-order chi connectivity index (χ0) is 16.2. The van der Waals surface area contributed by atoms with Crippen molar-refractivity contribution in [2.75, 3.05) is 18.0 Å². The van der Waals surface area contributed by atoms with Gasteiger partial charge in [0.1, 0.15) is 17.2 Å². The molecular formula is C16H21N5OS. The molecule has 1 atom stereocenters. The number of anilines is 1. The van der Waals surface area contributed by atoms with E-state index in [4.69, 9.17) is 0 Å². The zero-order valence-corrected chi connectivity index (χ0v) is 14.2. The van der Waals surface area contributed by atoms with Gasteiger partial charge in [-0.3, -0.25) is 4.79 Å². The molecule has 6 nitrogen and oxygen atoms in total. The first-order chi connectivity index (χ1) is 11.1. The van der Waals surface area contributed by atoms with Crippen LogP contribution in [0.5, 0.6) is 0 Å². The molecule has 1 fully saturated rings. The minimum atomic E-state index is -0.000875. The molecule has 0 spiro atoms. The van der Waals surface area contributed by atoms with Gasteiger partial charge in [-0.05, 0) is 25.7 Å². The second-order valence-electron chi connectivity index (χ2n) is 5.89. The molecule has 23 heavy (non-hydrogen) atoms. The molecule has 1 amide bonds. The van der Waals surface area contributed by atoms with Gasteiger partial charge in [0.05, 0.1) is 6.04 Å². The van der Waals surface area contributed by atoms with E-state index >= 15 is 0 Å². The normalized spacial score (nSPS) is 17.0. The number of carbonyl (C=O) groups is 1. The molecule has 0 radical (unpaired) electrons. The molecule has 3 heterocycles. The SMILES string of the molecule is CC(=O)NC(c1nccs1)C1CCN(c2cc(C)ncn2)CC1. The maximum atomic E-state index is 11.6. The molecule has 1 saturated heterocycles. The van der Waals surface area contributed by atoms with Crippen molar-refractivity contribution in [1.29, 1.82) is 0 Å². The predicted molar refractivity (Wildman–Crippen MR) is 90.4 cm³/mol. The molecule has 1 N–H and O–H groups in total. The fraction of sp³-hybridized carbons (Fsp3) is 0.500. The van der Waals surface area contributed by atoms with E-state index in [0.717, 1.165) is 42.5 Å². The molecule has 0 saturated carbocycles. The van der Waals surface area contributed by atoms with Crippen LogP contribution in [0.1, 0.15) is 36.5 Å². The van der Waals surface area contributed by atoms with E-state index in [1.165, 1.54) is 0 Å². The molecule has 1 aliphatic rings. The summed E-state index contributed by atoms with van der Waals surface area (Å²) in [7, 11) is 0. The van der Waals surface area contributed by atoms with Crippen molar-refractivity contribution >= 4 is 23.1 Å². The van der Waals surface area contributed by atoms with Gasteiger partial charge in [-0.2, -0.15) is 0 Å². The summed E-state index contributed by atoms with van der Waals surface area (Å²) in [5.74, 6) is 1.39. The Morgan fingerprint density at radius 3 is 2.74 bits per heavy atom. The van der Waals surface area contributed by atoms with Crippen LogP contribution in [0.2, 0.25) is 0 Å². The van der Waals surface area contributed by atoms with Crippen molar-refractivity contribution in [3.63, 3.8) is 0 Å². The first-order valence-corrected chi connectivity index (χ1v) is 8.71. The Hall–Kier alpha value is -2.02. The second-order valence-corrected chi connectivity index (χ2v) is 6.82. The summed E-state index contributed by atoms with van der Waals surface area (Å²) in [4.78, 5) is 26.8. The second kappa shape index (κ2) is 7.04. The Morgan fingerprint density at radius 1 is 1.35 bits per heavy atom. The lowest BCUT2D eigenvalue weighted by molar-refractivity contribution is -0.120. The number of aryl methyl sites for hydroxylation is 1. The van der Waals surface area contributed by atoms with Crippen LogP contribution in [-0.4, -0.2) is 33.9 Å². The summed E-state index contributed by atoms with van der Waals surface area (Å²) in [5, 5.41) is 6.04. The van der Waals surface area contributed by atoms with E-state index in [0.29, 0.717) is 5.92 Å². The van der Waals surface area contributed by atoms with Gasteiger partial charge >= 0.3 is 0 Å². The number of hydrogen-bond donors (Lipinski definition) is 1. The quantitative estimate of drug-likeness (QED) is 0.931. The average molecular weight is 331 g/mol. The van der Waals surface area contributed by atoms with E-state index in [9.17, 15) is 4.79 Å². The van der Waals surface area contributed by atoms with Crippen LogP contribution in [0.4, 0.5) is 5.82 Å². The molecule has 0 bridgehead atoms. The Balaban J connectivity index is 1.68. The fourth-order valence-electron chi connectivity index (χ4n) is 3.06. The summed E-state index contributed by atoms with van der Waals surface area (Å²) < 4.78 is 0. The maximum Gasteiger partial charge on any atom is 0.217 e. The molecule has 122 valence electrons. The Morgan fingerprint density at radius 2 is 2.13 bits per heavy atom. The lowest BCUT2D eigenvalue weighted by Crippen LogP contribution is -2.40. The van der Waals surface area contributed by atoms with Crippen LogP contribution in [-0.2, 0) is 4.79 Å². The van der Waals surface area contributed by atoms with Crippen LogP contribution in [0.3, 0.4) is 0 Å². The van der Waals surface area contributed by atoms with Crippen molar-refractivity contribution in [1.82, 2.24) is 20.3 Å². The van der Waals surface area contributed by atoms with Gasteiger partial charge in [-0.15, -0.1) is 11.3 Å². The molecule has 0 aromatic carbocycles. The van der Waals surface area contributed by atoms with E-state index in [-0.39, 0.29) is 11.9 Å². The van der Waals surface area contributed by atoms with Gasteiger partial charge in [-0.25, -0.2) is 15.0 Å². The lowest BCUT2D eigenvalue weighted by Gasteiger charge is -2.36. The third kappa shape index (κ3) is 3.85. The number of rotatable bonds is 4. The third-order valence-electron chi connectivity index (χ3n) is 4.20. The molecule has 7 heteroatoms. The summed E-state index contributed by atoms with van der Waals surface area (Å²) >= 11 is 1.61. The number of nitrogens with one attached hydrogen (secondary N) is 1. The van der Waals surface area contributed by atoms with E-state index in [1.807, 2.05) is 18.4 Å². The Kier molecular flexibility index (Phi) is 4.85. The van der Waals surface area contributed by atoms with Crippen molar-refractivity contribution in [2.24, 2.45) is 5.92 Å². The number of carbonyl (C=O) groups excluding carboxylic acids is 1. The molecule has 0 aliphatic carbocycles. The molecule has 2 aromatic heterocycles. The van der Waals surface area contributed by atoms with Crippen molar-refractivity contribution in [3.8, 4) is 0 Å². The Bertz CT molecular complexity index is 652. The number of piperidine rings is 1. The monoisotopic (exact) mass is 331 g/mol. The summed E-state index contributed by atoms with van der Waals surface area (Å²) in [6.07, 6.45) is 5.43. The summed E-state index contributed by atoms with van der Waals surface area (Å²) in [6, 6.07) is 2.04. The summed E-state index contributed by atoms with van der Waals surface area (Å²) in [5.41, 5.74) is 0.982. The predicted octanol–water partition coefficient (Wildman–Crippen LogP) is 2.34. The van der Waals surface area contributed by atoms with Crippen LogP contribution < -0.4 is 10.2 Å². The van der Waals surface area contributed by atoms with E-state index in [2.05, 4.69) is 25.2 Å². The van der Waals surface area contributed by atoms with Gasteiger partial charge in [0.25, 0.3) is 0 Å². The zero-order valence-electron chi connectivity index (χ0n) is 13.4. The first kappa shape index (κ1) is 15.9. The highest BCUT2D eigenvalue weighted by Gasteiger charge is 2.30. The number of nitrogens with zero attached hydrogens (tertiary/aromatic N) is 4. The first-order valence-electron chi connectivity index (χ1n) is 7.83. The van der Waals surface area contributed by atoms with Crippen LogP contribution in [0, 0.1) is 12.8 Å². The molecule has 3 rings (SSSR count). The van der Waals surface area contributed by atoms with Gasteiger partial charge in [0, 0.05) is 43.4 Å². The standard InChI is InChI=1S/C16H21N5OS/c1-11-9-14(19-10-18-11)21-6-3-13(4-7-21)15(20-12(2)22)16-17-5-8-23-16/h5,8-10,13,15H,3-4,6-7H2,1-2H3,(H,20,22). The number of thiazole rings is 1. The minimum Gasteiger partial charge on any atom is -0.356 e. The maximum absolute atomic E-state index is 11.6. The van der Waals surface area contributed by atoms with Crippen LogP contribution in [0.25, 0.3) is 0 Å². The van der Waals surface area contributed by atoms with Crippen LogP contribution in [0.15, 0.2) is 24.0 Å². The largest absolute Gasteiger partial charge is 0.356 e. The number of amides is 1. The summed E-state index contributed by atoms with van der Waals surface area (Å²) in [6.45, 7) is 5.41. The lowest BCUT2D eigenvalue weighted by atomic mass is 9.89. The van der Waals surface area contributed by atoms with Crippen molar-refractivity contribution in [3.05, 3.63) is 34.7 Å². The van der Waals surface area contributed by atoms with Gasteiger partial charge in [0.15, 0.2) is 0 Å². The van der Waals surface area contributed by atoms with Crippen molar-refractivity contribution < 1.29 is 4.79 Å². The molecule has 2 aromatic rings. The highest BCUT2D eigenvalue weighted by molar-refractivity contribution is 7.09. The number of hydrogen-bond acceptors (Lipinski definition) is 6. The molecule has 1 unspecified atom stereocenters. The minimum absolute atomic E-state index is 0.000875. The van der Waals surface area contributed by atoms with Gasteiger partial charge < -0.3 is 10.2 Å². The van der Waals surface area contributed by atoms with E-state index < -0.39 is 0 Å². The van der Waals surface area contributed by atoms with Gasteiger partial charge in [0.2, 0.25) is 5.91 Å². The average Bonchev–Trinajstić information content (AvgIpc) is 3.07. The molecular weight excluding hydrogens is 310 g/mol. The topological polar surface area (TPSA) is 71.0 Å². The number of aromatic nitrogens is 3. The highest BCUT2D eigenvalue weighted by Crippen LogP contribution is 2.33. The highest BCUT2D eigenvalue weighted by atomic mass is 32.1. The van der Waals surface area contributed by atoms with E-state index in [1.54, 1.807) is 30.8 Å². The van der Waals surface area contributed by atoms with Gasteiger partial charge in [-0.1, -0.05) is 0 Å². The fourth-order valence-corrected chi connectivity index (χ4v) is 3.84.